The highest BCUT2D eigenvalue weighted by Gasteiger charge is 2.18. The van der Waals surface area contributed by atoms with Crippen LogP contribution in [0.4, 0.5) is 16.2 Å². The molecule has 1 atom stereocenters. The number of hydrogen-bond donors (Lipinski definition) is 2. The van der Waals surface area contributed by atoms with Crippen molar-refractivity contribution in [2.45, 2.75) is 13.8 Å². The van der Waals surface area contributed by atoms with E-state index in [9.17, 15) is 9.59 Å². The van der Waals surface area contributed by atoms with E-state index in [1.165, 1.54) is 4.90 Å². The third-order valence-electron chi connectivity index (χ3n) is 3.62. The van der Waals surface area contributed by atoms with Gasteiger partial charge >= 0.3 is 6.03 Å². The number of rotatable bonds is 6. The molecule has 2 N–H and O–H groups in total. The molecule has 122 valence electrons. The number of nitrogens with zero attached hydrogens (tertiary/aromatic N) is 2. The van der Waals surface area contributed by atoms with Crippen LogP contribution in [0.5, 0.6) is 0 Å². The standard InChI is InChI=1S/C16H26N4O2/c1-6-19(4)14-10-8-7-9-13(14)18-16(22)20(5)11-12(2)15(21)17-3/h7-10,12H,6,11H2,1-5H3,(H,17,21)(H,18,22). The number of amides is 3. The molecule has 0 saturated heterocycles. The van der Waals surface area contributed by atoms with Crippen LogP contribution in [0.1, 0.15) is 13.8 Å². The molecule has 6 nitrogen and oxygen atoms in total. The lowest BCUT2D eigenvalue weighted by Crippen LogP contribution is -2.39. The quantitative estimate of drug-likeness (QED) is 0.845. The minimum absolute atomic E-state index is 0.0780. The maximum absolute atomic E-state index is 12.3. The van der Waals surface area contributed by atoms with Crippen molar-refractivity contribution in [1.82, 2.24) is 10.2 Å². The number of carbonyl (C=O) groups excluding carboxylic acids is 2. The van der Waals surface area contributed by atoms with Gasteiger partial charge in [0.05, 0.1) is 17.3 Å². The monoisotopic (exact) mass is 306 g/mol. The lowest BCUT2D eigenvalue weighted by molar-refractivity contribution is -0.124. The summed E-state index contributed by atoms with van der Waals surface area (Å²) < 4.78 is 0. The first-order valence-corrected chi connectivity index (χ1v) is 7.44. The van der Waals surface area contributed by atoms with Gasteiger partial charge in [-0.25, -0.2) is 4.79 Å². The van der Waals surface area contributed by atoms with Gasteiger partial charge in [0.1, 0.15) is 0 Å². The predicted molar refractivity (Wildman–Crippen MR) is 90.3 cm³/mol. The van der Waals surface area contributed by atoms with Crippen LogP contribution in [0.2, 0.25) is 0 Å². The van der Waals surface area contributed by atoms with E-state index in [0.717, 1.165) is 17.9 Å². The molecule has 1 aromatic carbocycles. The summed E-state index contributed by atoms with van der Waals surface area (Å²) in [6.45, 7) is 5.05. The highest BCUT2D eigenvalue weighted by molar-refractivity contribution is 5.93. The molecular formula is C16H26N4O2. The summed E-state index contributed by atoms with van der Waals surface area (Å²) in [4.78, 5) is 27.4. The molecule has 0 aliphatic carbocycles. The van der Waals surface area contributed by atoms with Gasteiger partial charge < -0.3 is 20.4 Å². The minimum atomic E-state index is -0.255. The first-order valence-electron chi connectivity index (χ1n) is 7.44. The summed E-state index contributed by atoms with van der Waals surface area (Å²) in [5.41, 5.74) is 1.72. The molecule has 1 aromatic rings. The first-order chi connectivity index (χ1) is 10.4. The Morgan fingerprint density at radius 2 is 1.86 bits per heavy atom. The molecule has 22 heavy (non-hydrogen) atoms. The van der Waals surface area contributed by atoms with Crippen molar-refractivity contribution in [1.29, 1.82) is 0 Å². The number of para-hydroxylation sites is 2. The van der Waals surface area contributed by atoms with Gasteiger partial charge in [-0.3, -0.25) is 4.79 Å². The summed E-state index contributed by atoms with van der Waals surface area (Å²) in [7, 11) is 5.25. The zero-order valence-corrected chi connectivity index (χ0v) is 14.0. The van der Waals surface area contributed by atoms with Crippen molar-refractivity contribution in [2.75, 3.05) is 44.4 Å². The average Bonchev–Trinajstić information content (AvgIpc) is 2.53. The van der Waals surface area contributed by atoms with Gasteiger partial charge in [0.2, 0.25) is 5.91 Å². The second-order valence-corrected chi connectivity index (χ2v) is 5.36. The third-order valence-corrected chi connectivity index (χ3v) is 3.62. The van der Waals surface area contributed by atoms with Crippen LogP contribution < -0.4 is 15.5 Å². The highest BCUT2D eigenvalue weighted by atomic mass is 16.2. The molecule has 0 aromatic heterocycles. The van der Waals surface area contributed by atoms with Crippen LogP contribution >= 0.6 is 0 Å². The Hall–Kier alpha value is -2.24. The largest absolute Gasteiger partial charge is 0.373 e. The van der Waals surface area contributed by atoms with E-state index in [2.05, 4.69) is 22.5 Å². The summed E-state index contributed by atoms with van der Waals surface area (Å²) in [6, 6.07) is 7.43. The second-order valence-electron chi connectivity index (χ2n) is 5.36. The van der Waals surface area contributed by atoms with Gasteiger partial charge in [-0.1, -0.05) is 19.1 Å². The van der Waals surface area contributed by atoms with Crippen molar-refractivity contribution in [3.8, 4) is 0 Å². The number of carbonyl (C=O) groups is 2. The Morgan fingerprint density at radius 1 is 1.23 bits per heavy atom. The van der Waals surface area contributed by atoms with Crippen LogP contribution in [-0.2, 0) is 4.79 Å². The predicted octanol–water partition coefficient (Wildman–Crippen LogP) is 1.99. The van der Waals surface area contributed by atoms with Crippen LogP contribution in [-0.4, -0.2) is 51.1 Å². The van der Waals surface area contributed by atoms with Crippen LogP contribution in [0, 0.1) is 5.92 Å². The Kier molecular flexibility index (Phi) is 6.69. The number of benzene rings is 1. The molecule has 0 spiro atoms. The van der Waals surface area contributed by atoms with E-state index in [4.69, 9.17) is 0 Å². The molecule has 0 saturated carbocycles. The third kappa shape index (κ3) is 4.65. The zero-order valence-electron chi connectivity index (χ0n) is 14.0. The molecule has 6 heteroatoms. The lowest BCUT2D eigenvalue weighted by Gasteiger charge is -2.24. The molecule has 1 unspecified atom stereocenters. The topological polar surface area (TPSA) is 64.7 Å². The van der Waals surface area contributed by atoms with Gasteiger partial charge in [-0.15, -0.1) is 0 Å². The minimum Gasteiger partial charge on any atom is -0.373 e. The molecule has 3 amide bonds. The van der Waals surface area contributed by atoms with Crippen molar-refractivity contribution >= 4 is 23.3 Å². The van der Waals surface area contributed by atoms with E-state index in [1.807, 2.05) is 31.3 Å². The smallest absolute Gasteiger partial charge is 0.321 e. The van der Waals surface area contributed by atoms with E-state index in [1.54, 1.807) is 21.0 Å². The Bertz CT molecular complexity index is 519. The Balaban J connectivity index is 2.74. The fourth-order valence-electron chi connectivity index (χ4n) is 2.12. The number of urea groups is 1. The van der Waals surface area contributed by atoms with Gasteiger partial charge in [0.15, 0.2) is 0 Å². The highest BCUT2D eigenvalue weighted by Crippen LogP contribution is 2.24. The number of nitrogens with one attached hydrogen (secondary N) is 2. The van der Waals surface area contributed by atoms with Gasteiger partial charge in [0.25, 0.3) is 0 Å². The zero-order chi connectivity index (χ0) is 16.7. The van der Waals surface area contributed by atoms with Crippen LogP contribution in [0.25, 0.3) is 0 Å². The number of hydrogen-bond acceptors (Lipinski definition) is 3. The molecule has 0 heterocycles. The van der Waals surface area contributed by atoms with E-state index in [0.29, 0.717) is 6.54 Å². The maximum atomic E-state index is 12.3. The maximum Gasteiger partial charge on any atom is 0.321 e. The molecular weight excluding hydrogens is 280 g/mol. The molecule has 1 rings (SSSR count). The molecule has 0 aliphatic rings. The van der Waals surface area contributed by atoms with Crippen LogP contribution in [0.15, 0.2) is 24.3 Å². The van der Waals surface area contributed by atoms with Crippen molar-refractivity contribution in [2.24, 2.45) is 5.92 Å². The van der Waals surface area contributed by atoms with Gasteiger partial charge in [0, 0.05) is 34.2 Å². The fourth-order valence-corrected chi connectivity index (χ4v) is 2.12. The summed E-state index contributed by atoms with van der Waals surface area (Å²) in [5.74, 6) is -0.333. The second kappa shape index (κ2) is 8.26. The summed E-state index contributed by atoms with van der Waals surface area (Å²) >= 11 is 0. The van der Waals surface area contributed by atoms with E-state index < -0.39 is 0 Å². The van der Waals surface area contributed by atoms with Gasteiger partial charge in [-0.2, -0.15) is 0 Å². The molecule has 0 radical (unpaired) electrons. The van der Waals surface area contributed by atoms with E-state index in [-0.39, 0.29) is 17.9 Å². The fraction of sp³-hybridized carbons (Fsp3) is 0.500. The van der Waals surface area contributed by atoms with Gasteiger partial charge in [-0.05, 0) is 19.1 Å². The number of anilines is 2. The normalized spacial score (nSPS) is 11.5. The molecule has 0 aliphatic heterocycles. The van der Waals surface area contributed by atoms with Crippen molar-refractivity contribution in [3.05, 3.63) is 24.3 Å². The Morgan fingerprint density at radius 3 is 2.45 bits per heavy atom. The summed E-state index contributed by atoms with van der Waals surface area (Å²) in [6.07, 6.45) is 0. The van der Waals surface area contributed by atoms with E-state index >= 15 is 0 Å². The first kappa shape index (κ1) is 17.8. The lowest BCUT2D eigenvalue weighted by atomic mass is 10.1. The molecule has 0 bridgehead atoms. The summed E-state index contributed by atoms with van der Waals surface area (Å²) in [5, 5.41) is 5.49. The Labute approximate surface area is 132 Å². The SMILES string of the molecule is CCN(C)c1ccccc1NC(=O)N(C)CC(C)C(=O)NC. The van der Waals surface area contributed by atoms with Crippen molar-refractivity contribution < 1.29 is 9.59 Å². The van der Waals surface area contributed by atoms with Crippen LogP contribution in [0.3, 0.4) is 0 Å². The average molecular weight is 306 g/mol. The van der Waals surface area contributed by atoms with Crippen molar-refractivity contribution in [3.63, 3.8) is 0 Å². The molecule has 0 fully saturated rings.